The summed E-state index contributed by atoms with van der Waals surface area (Å²) in [5.41, 5.74) is 2.72. The second-order valence-corrected chi connectivity index (χ2v) is 18.9. The van der Waals surface area contributed by atoms with E-state index in [0.29, 0.717) is 21.6 Å². The molecule has 0 amide bonds. The van der Waals surface area contributed by atoms with Gasteiger partial charge in [0, 0.05) is 28.9 Å². The molecule has 0 aliphatic carbocycles. The molecule has 2 N–H and O–H groups in total. The van der Waals surface area contributed by atoms with Crippen LogP contribution in [0.2, 0.25) is 0 Å². The fourth-order valence-corrected chi connectivity index (χ4v) is 11.2. The van der Waals surface area contributed by atoms with Gasteiger partial charge < -0.3 is 19.7 Å². The molecule has 4 aromatic carbocycles. The molecule has 0 unspecified atom stereocenters. The Hall–Kier alpha value is -4.38. The van der Waals surface area contributed by atoms with Crippen LogP contribution in [-0.2, 0) is 47.6 Å². The van der Waals surface area contributed by atoms with Crippen molar-refractivity contribution in [3.63, 3.8) is 0 Å². The van der Waals surface area contributed by atoms with E-state index in [1.165, 1.54) is 29.5 Å². The van der Waals surface area contributed by atoms with Crippen molar-refractivity contribution in [3.8, 4) is 11.5 Å². The van der Waals surface area contributed by atoms with Gasteiger partial charge in [0.15, 0.2) is 13.2 Å². The topological polar surface area (TPSA) is 93.1 Å². The Bertz CT molecular complexity index is 2490. The summed E-state index contributed by atoms with van der Waals surface area (Å²) in [6.07, 6.45) is -3.65. The molecule has 2 aromatic heterocycles. The Kier molecular flexibility index (Phi) is 17.1. The zero-order chi connectivity index (χ0) is 45.2. The van der Waals surface area contributed by atoms with E-state index in [1.807, 2.05) is 52.0 Å². The van der Waals surface area contributed by atoms with Crippen LogP contribution in [0.25, 0.3) is 20.2 Å². The number of hydrogen-bond acceptors (Lipinski definition) is 8. The highest BCUT2D eigenvalue weighted by molar-refractivity contribution is 7.99. The van der Waals surface area contributed by atoms with Crippen molar-refractivity contribution < 1.29 is 55.6 Å². The third-order valence-corrected chi connectivity index (χ3v) is 14.6. The number of aryl methyl sites for hydroxylation is 6. The average Bonchev–Trinajstić information content (AvgIpc) is 3.74. The first kappa shape index (κ1) is 48.6. The maximum atomic E-state index is 13.0. The van der Waals surface area contributed by atoms with Crippen LogP contribution in [0.3, 0.4) is 0 Å². The monoisotopic (exact) mass is 936 g/mol. The number of thiophene rings is 2. The minimum atomic E-state index is -4.33. The summed E-state index contributed by atoms with van der Waals surface area (Å²) in [5, 5.41) is 19.1. The molecule has 0 spiro atoms. The van der Waals surface area contributed by atoms with E-state index in [1.54, 1.807) is 59.1 Å². The van der Waals surface area contributed by atoms with Crippen molar-refractivity contribution >= 4 is 78.3 Å². The second-order valence-electron chi connectivity index (χ2n) is 14.2. The number of carboxylic acid groups (broad SMARTS) is 2. The third kappa shape index (κ3) is 13.3. The van der Waals surface area contributed by atoms with E-state index in [-0.39, 0.29) is 13.2 Å². The van der Waals surface area contributed by atoms with E-state index in [4.69, 9.17) is 19.7 Å². The minimum Gasteiger partial charge on any atom is -0.482 e. The maximum absolute atomic E-state index is 13.0. The lowest BCUT2D eigenvalue weighted by atomic mass is 10.0. The van der Waals surface area contributed by atoms with Crippen molar-refractivity contribution in [1.82, 2.24) is 0 Å². The average molecular weight is 937 g/mol. The Morgan fingerprint density at radius 3 is 1.76 bits per heavy atom. The van der Waals surface area contributed by atoms with Crippen molar-refractivity contribution in [2.24, 2.45) is 0 Å². The van der Waals surface area contributed by atoms with Crippen LogP contribution in [0, 0.1) is 13.8 Å². The van der Waals surface area contributed by atoms with Crippen molar-refractivity contribution in [1.29, 1.82) is 0 Å². The fraction of sp³-hybridized carbons (Fsp3) is 0.348. The lowest BCUT2D eigenvalue weighted by Crippen LogP contribution is -2.10. The molecule has 6 rings (SSSR count). The Labute approximate surface area is 372 Å². The maximum Gasteiger partial charge on any atom is 0.416 e. The summed E-state index contributed by atoms with van der Waals surface area (Å²) in [7, 11) is 0. The number of carboxylic acids is 2. The molecule has 0 bridgehead atoms. The van der Waals surface area contributed by atoms with Crippen LogP contribution in [0.15, 0.2) is 82.6 Å². The van der Waals surface area contributed by atoms with E-state index in [0.717, 1.165) is 108 Å². The summed E-state index contributed by atoms with van der Waals surface area (Å²) in [6.45, 7) is 7.07. The molecule has 6 nitrogen and oxygen atoms in total. The fourth-order valence-electron chi connectivity index (χ4n) is 6.71. The molecule has 0 aliphatic heterocycles. The molecular formula is C46H46F6O6S4. The quantitative estimate of drug-likeness (QED) is 0.0500. The molecular weight excluding hydrogens is 891 g/mol. The highest BCUT2D eigenvalue weighted by atomic mass is 32.2. The number of carbonyl (C=O) groups is 2. The van der Waals surface area contributed by atoms with Gasteiger partial charge in [0.2, 0.25) is 0 Å². The summed E-state index contributed by atoms with van der Waals surface area (Å²) < 4.78 is 90.2. The van der Waals surface area contributed by atoms with Gasteiger partial charge in [-0.2, -0.15) is 26.3 Å². The van der Waals surface area contributed by atoms with Crippen LogP contribution in [0.4, 0.5) is 26.3 Å². The van der Waals surface area contributed by atoms with Gasteiger partial charge >= 0.3 is 24.3 Å². The normalized spacial score (nSPS) is 11.8. The van der Waals surface area contributed by atoms with E-state index in [2.05, 4.69) is 0 Å². The summed E-state index contributed by atoms with van der Waals surface area (Å²) in [4.78, 5) is 25.8. The number of hydrogen-bond donors (Lipinski definition) is 2. The molecule has 62 heavy (non-hydrogen) atoms. The number of benzene rings is 4. The minimum absolute atomic E-state index is 0.363. The largest absolute Gasteiger partial charge is 0.482 e. The Morgan fingerprint density at radius 1 is 0.629 bits per heavy atom. The number of fused-ring (bicyclic) bond motifs is 2. The first-order valence-electron chi connectivity index (χ1n) is 19.8. The predicted octanol–water partition coefficient (Wildman–Crippen LogP) is 14.0. The molecule has 0 saturated carbocycles. The number of aliphatic carboxylic acids is 2. The van der Waals surface area contributed by atoms with Gasteiger partial charge in [0.1, 0.15) is 11.5 Å². The summed E-state index contributed by atoms with van der Waals surface area (Å²) in [6, 6.07) is 19.4. The molecule has 6 aromatic rings. The second kappa shape index (κ2) is 21.8. The highest BCUT2D eigenvalue weighted by Crippen LogP contribution is 2.39. The number of thioether (sulfide) groups is 2. The molecule has 332 valence electrons. The molecule has 0 fully saturated rings. The van der Waals surface area contributed by atoms with Crippen LogP contribution < -0.4 is 9.47 Å². The van der Waals surface area contributed by atoms with Crippen molar-refractivity contribution in [2.75, 3.05) is 24.7 Å². The predicted molar refractivity (Wildman–Crippen MR) is 239 cm³/mol. The van der Waals surface area contributed by atoms with Gasteiger partial charge in [-0.25, -0.2) is 9.59 Å². The highest BCUT2D eigenvalue weighted by Gasteiger charge is 2.32. The molecule has 0 aliphatic rings. The van der Waals surface area contributed by atoms with E-state index in [9.17, 15) is 35.9 Å². The Balaban J connectivity index is 0.000000234. The molecule has 16 heteroatoms. The molecule has 0 atom stereocenters. The first-order valence-corrected chi connectivity index (χ1v) is 23.4. The smallest absolute Gasteiger partial charge is 0.416 e. The standard InChI is InChI=1S/2C23H23F3O3S2/c1-3-15-11-17(7-8-19(15)29-13-22(27)28)30-10-4-5-20-14(2)18-12-16(23(24,25)26)6-9-21(18)31-20;1-3-17-18-8-6-15(23(24,25)26)12-21(18)31-20(17)5-4-10-30-16-7-9-19(14(2)11-16)29-13-22(27)28/h2*6-9,11-12H,3-5,10,13H2,1-2H3,(H,27,28). The van der Waals surface area contributed by atoms with E-state index < -0.39 is 35.4 Å². The zero-order valence-corrected chi connectivity index (χ0v) is 37.7. The van der Waals surface area contributed by atoms with Gasteiger partial charge in [0.05, 0.1) is 11.1 Å². The van der Waals surface area contributed by atoms with Crippen LogP contribution in [-0.4, -0.2) is 46.9 Å². The summed E-state index contributed by atoms with van der Waals surface area (Å²) in [5.74, 6) is 0.878. The van der Waals surface area contributed by atoms with Gasteiger partial charge in [0.25, 0.3) is 0 Å². The molecule has 0 saturated heterocycles. The third-order valence-electron chi connectivity index (χ3n) is 9.82. The summed E-state index contributed by atoms with van der Waals surface area (Å²) >= 11 is 6.43. The number of halogens is 6. The van der Waals surface area contributed by atoms with Crippen LogP contribution in [0.1, 0.15) is 69.8 Å². The van der Waals surface area contributed by atoms with Crippen molar-refractivity contribution in [3.05, 3.63) is 116 Å². The van der Waals surface area contributed by atoms with Crippen LogP contribution >= 0.6 is 46.2 Å². The van der Waals surface area contributed by atoms with Gasteiger partial charge in [-0.05, 0) is 164 Å². The zero-order valence-electron chi connectivity index (χ0n) is 34.4. The van der Waals surface area contributed by atoms with Crippen molar-refractivity contribution in [2.45, 2.75) is 88.4 Å². The molecule has 0 radical (unpaired) electrons. The lowest BCUT2D eigenvalue weighted by molar-refractivity contribution is -0.140. The Morgan fingerprint density at radius 2 is 1.18 bits per heavy atom. The SMILES string of the molecule is CCc1c(CCCSc2ccc(OCC(=O)O)c(C)c2)sc2cc(C(F)(F)F)ccc12.CCc1cc(SCCCc2sc3ccc(C(F)(F)F)cc3c2C)ccc1OCC(=O)O. The van der Waals surface area contributed by atoms with Crippen LogP contribution in [0.5, 0.6) is 11.5 Å². The van der Waals surface area contributed by atoms with E-state index >= 15 is 0 Å². The van der Waals surface area contributed by atoms with Gasteiger partial charge in [-0.3, -0.25) is 0 Å². The lowest BCUT2D eigenvalue weighted by Gasteiger charge is -2.10. The first-order chi connectivity index (χ1) is 29.4. The number of rotatable bonds is 18. The molecule has 2 heterocycles. The number of ether oxygens (including phenoxy) is 2. The number of alkyl halides is 6. The van der Waals surface area contributed by atoms with Gasteiger partial charge in [-0.1, -0.05) is 19.9 Å². The van der Waals surface area contributed by atoms with Gasteiger partial charge in [-0.15, -0.1) is 46.2 Å².